The Hall–Kier alpha value is -8.76. The fourth-order valence-corrected chi connectivity index (χ4v) is 12.7. The summed E-state index contributed by atoms with van der Waals surface area (Å²) in [5, 5.41) is 4.91. The third-order valence-corrected chi connectivity index (χ3v) is 15.8. The predicted molar refractivity (Wildman–Crippen MR) is 295 cm³/mol. The first-order chi connectivity index (χ1) is 34.7. The van der Waals surface area contributed by atoms with Crippen molar-refractivity contribution in [1.82, 2.24) is 0 Å². The molecular weight excluding hydrogens is 867 g/mol. The molecule has 0 N–H and O–H groups in total. The SMILES string of the molecule is c1ccc(C2(c3ccccc3)c3ccccc3-c3cc(N(c4ccc(-c5ccc(-c6cccc7c6sc6ccccc67)cc5)cc4)c4ccc(-c5cccc6oc7ccccc7c56)cc4)ccc32)cc1. The number of rotatable bonds is 8. The van der Waals surface area contributed by atoms with Gasteiger partial charge in [0.2, 0.25) is 0 Å². The highest BCUT2D eigenvalue weighted by Crippen LogP contribution is 2.57. The highest BCUT2D eigenvalue weighted by Gasteiger charge is 2.46. The van der Waals surface area contributed by atoms with Gasteiger partial charge in [0.1, 0.15) is 11.2 Å². The zero-order chi connectivity index (χ0) is 46.2. The Bertz CT molecular complexity index is 4050. The van der Waals surface area contributed by atoms with Crippen LogP contribution < -0.4 is 4.90 Å². The Morgan fingerprint density at radius 2 is 0.829 bits per heavy atom. The van der Waals surface area contributed by atoms with Crippen molar-refractivity contribution >= 4 is 70.5 Å². The van der Waals surface area contributed by atoms with E-state index in [-0.39, 0.29) is 0 Å². The van der Waals surface area contributed by atoms with Crippen LogP contribution in [0.15, 0.2) is 265 Å². The van der Waals surface area contributed by atoms with E-state index in [1.807, 2.05) is 23.5 Å². The summed E-state index contributed by atoms with van der Waals surface area (Å²) in [5.41, 5.74) is 19.3. The van der Waals surface area contributed by atoms with Gasteiger partial charge in [0.15, 0.2) is 0 Å². The Labute approximate surface area is 410 Å². The molecule has 3 heteroatoms. The number of thiophene rings is 1. The van der Waals surface area contributed by atoms with Gasteiger partial charge in [0, 0.05) is 48.0 Å². The second-order valence-electron chi connectivity index (χ2n) is 18.3. The fraction of sp³-hybridized carbons (Fsp3) is 0.0149. The van der Waals surface area contributed by atoms with Gasteiger partial charge < -0.3 is 9.32 Å². The number of furan rings is 1. The average molecular weight is 910 g/mol. The lowest BCUT2D eigenvalue weighted by molar-refractivity contribution is 0.669. The summed E-state index contributed by atoms with van der Waals surface area (Å²) < 4.78 is 8.97. The van der Waals surface area contributed by atoms with Gasteiger partial charge in [-0.3, -0.25) is 0 Å². The maximum atomic E-state index is 6.31. The number of benzene rings is 11. The summed E-state index contributed by atoms with van der Waals surface area (Å²) in [6.07, 6.45) is 0. The second-order valence-corrected chi connectivity index (χ2v) is 19.4. The van der Waals surface area contributed by atoms with Gasteiger partial charge in [0.05, 0.1) is 5.41 Å². The molecule has 13 aromatic rings. The number of hydrogen-bond donors (Lipinski definition) is 0. The van der Waals surface area contributed by atoms with E-state index >= 15 is 0 Å². The standard InChI is InChI=1S/C67H43NOS/c1-3-15-48(16-4-1)67(49-17-5-2-6-18-49)60-25-10-7-19-55(60)59-43-52(41-42-61(59)67)68(51-39-35-46(36-40-51)53-22-14-27-63-65(53)58-21-8-11-26-62(58)69-63)50-37-33-45(34-38-50)44-29-31-47(32-30-44)54-23-13-24-57-56-20-9-12-28-64(56)70-66(54)57/h1-43H. The van der Waals surface area contributed by atoms with Crippen LogP contribution in [0.25, 0.3) is 86.6 Å². The smallest absolute Gasteiger partial charge is 0.136 e. The Balaban J connectivity index is 0.887. The van der Waals surface area contributed by atoms with Crippen LogP contribution in [0.1, 0.15) is 22.3 Å². The van der Waals surface area contributed by atoms with Gasteiger partial charge >= 0.3 is 0 Å². The largest absolute Gasteiger partial charge is 0.456 e. The van der Waals surface area contributed by atoms with Gasteiger partial charge in [-0.1, -0.05) is 206 Å². The van der Waals surface area contributed by atoms with Crippen LogP contribution in [0.3, 0.4) is 0 Å². The van der Waals surface area contributed by atoms with Crippen molar-refractivity contribution in [2.75, 3.05) is 4.90 Å². The summed E-state index contributed by atoms with van der Waals surface area (Å²) in [5.74, 6) is 0. The zero-order valence-electron chi connectivity index (χ0n) is 38.1. The van der Waals surface area contributed by atoms with Gasteiger partial charge in [0.25, 0.3) is 0 Å². The summed E-state index contributed by atoms with van der Waals surface area (Å²) >= 11 is 1.88. The molecule has 328 valence electrons. The molecule has 0 aliphatic heterocycles. The topological polar surface area (TPSA) is 16.4 Å². The minimum atomic E-state index is -0.473. The van der Waals surface area contributed by atoms with E-state index in [4.69, 9.17) is 4.42 Å². The molecule has 0 amide bonds. The molecule has 0 fully saturated rings. The third kappa shape index (κ3) is 6.25. The molecule has 70 heavy (non-hydrogen) atoms. The molecule has 14 rings (SSSR count). The molecule has 2 heterocycles. The third-order valence-electron chi connectivity index (χ3n) is 14.6. The molecule has 1 aliphatic carbocycles. The summed E-state index contributed by atoms with van der Waals surface area (Å²) in [6.45, 7) is 0. The maximum Gasteiger partial charge on any atom is 0.136 e. The Kier molecular flexibility index (Phi) is 9.33. The van der Waals surface area contributed by atoms with Crippen LogP contribution in [0.4, 0.5) is 17.1 Å². The van der Waals surface area contributed by atoms with Crippen molar-refractivity contribution < 1.29 is 4.42 Å². The van der Waals surface area contributed by atoms with E-state index in [2.05, 4.69) is 254 Å². The van der Waals surface area contributed by atoms with Crippen LogP contribution >= 0.6 is 11.3 Å². The highest BCUT2D eigenvalue weighted by atomic mass is 32.1. The number of hydrogen-bond acceptors (Lipinski definition) is 3. The van der Waals surface area contributed by atoms with Gasteiger partial charge in [-0.25, -0.2) is 0 Å². The predicted octanol–water partition coefficient (Wildman–Crippen LogP) is 18.8. The number of anilines is 3. The van der Waals surface area contributed by atoms with Crippen molar-refractivity contribution in [3.8, 4) is 44.5 Å². The molecule has 0 saturated carbocycles. The van der Waals surface area contributed by atoms with Gasteiger partial charge in [-0.05, 0) is 121 Å². The summed E-state index contributed by atoms with van der Waals surface area (Å²) in [7, 11) is 0. The van der Waals surface area contributed by atoms with Crippen LogP contribution in [0.2, 0.25) is 0 Å². The van der Waals surface area contributed by atoms with E-state index in [1.54, 1.807) is 0 Å². The summed E-state index contributed by atoms with van der Waals surface area (Å²) in [4.78, 5) is 2.41. The maximum absolute atomic E-state index is 6.31. The van der Waals surface area contributed by atoms with Gasteiger partial charge in [-0.15, -0.1) is 11.3 Å². The van der Waals surface area contributed by atoms with Crippen LogP contribution in [0, 0.1) is 0 Å². The lowest BCUT2D eigenvalue weighted by Gasteiger charge is -2.34. The van der Waals surface area contributed by atoms with Crippen molar-refractivity contribution in [3.63, 3.8) is 0 Å². The molecule has 2 nitrogen and oxygen atoms in total. The minimum absolute atomic E-state index is 0.473. The average Bonchev–Trinajstić information content (AvgIpc) is 4.11. The normalized spacial score (nSPS) is 12.7. The molecule has 0 bridgehead atoms. The number of para-hydroxylation sites is 1. The lowest BCUT2D eigenvalue weighted by Crippen LogP contribution is -2.28. The van der Waals surface area contributed by atoms with E-state index in [0.717, 1.165) is 50.1 Å². The second kappa shape index (κ2) is 16.2. The van der Waals surface area contributed by atoms with E-state index < -0.39 is 5.41 Å². The minimum Gasteiger partial charge on any atom is -0.456 e. The van der Waals surface area contributed by atoms with Gasteiger partial charge in [-0.2, -0.15) is 0 Å². The summed E-state index contributed by atoms with van der Waals surface area (Å²) in [6, 6.07) is 95.4. The molecule has 0 radical (unpaired) electrons. The number of nitrogens with zero attached hydrogens (tertiary/aromatic N) is 1. The van der Waals surface area contributed by atoms with E-state index in [1.165, 1.54) is 75.8 Å². The van der Waals surface area contributed by atoms with Crippen LogP contribution in [-0.2, 0) is 5.41 Å². The van der Waals surface area contributed by atoms with E-state index in [0.29, 0.717) is 0 Å². The molecule has 1 aliphatic rings. The van der Waals surface area contributed by atoms with Crippen molar-refractivity contribution in [2.24, 2.45) is 0 Å². The Morgan fingerprint density at radius 1 is 0.329 bits per heavy atom. The monoisotopic (exact) mass is 909 g/mol. The zero-order valence-corrected chi connectivity index (χ0v) is 38.9. The fourth-order valence-electron chi connectivity index (χ4n) is 11.4. The van der Waals surface area contributed by atoms with E-state index in [9.17, 15) is 0 Å². The van der Waals surface area contributed by atoms with Crippen molar-refractivity contribution in [1.29, 1.82) is 0 Å². The molecular formula is C67H43NOS. The quantitative estimate of drug-likeness (QED) is 0.151. The van der Waals surface area contributed by atoms with Crippen LogP contribution in [-0.4, -0.2) is 0 Å². The van der Waals surface area contributed by atoms with Crippen molar-refractivity contribution in [2.45, 2.75) is 5.41 Å². The molecule has 0 spiro atoms. The first-order valence-electron chi connectivity index (χ1n) is 24.0. The Morgan fingerprint density at radius 3 is 1.57 bits per heavy atom. The lowest BCUT2D eigenvalue weighted by atomic mass is 9.68. The van der Waals surface area contributed by atoms with Crippen molar-refractivity contribution in [3.05, 3.63) is 283 Å². The molecule has 2 aromatic heterocycles. The van der Waals surface area contributed by atoms with Crippen LogP contribution in [0.5, 0.6) is 0 Å². The molecule has 11 aromatic carbocycles. The highest BCUT2D eigenvalue weighted by molar-refractivity contribution is 7.26. The first kappa shape index (κ1) is 40.3. The molecule has 0 saturated heterocycles. The number of fused-ring (bicyclic) bond motifs is 9. The first-order valence-corrected chi connectivity index (χ1v) is 24.8. The molecule has 0 unspecified atom stereocenters. The molecule has 0 atom stereocenters.